The Kier molecular flexibility index (Phi) is 5.12. The second kappa shape index (κ2) is 7.32. The van der Waals surface area contributed by atoms with E-state index in [1.54, 1.807) is 4.90 Å². The van der Waals surface area contributed by atoms with E-state index in [2.05, 4.69) is 20.8 Å². The number of fused-ring (bicyclic) bond motifs is 1. The van der Waals surface area contributed by atoms with Crippen LogP contribution in [0.5, 0.6) is 0 Å². The minimum atomic E-state index is -0.407. The molecular formula is C22H25NO3. The molecule has 3 rings (SSSR count). The van der Waals surface area contributed by atoms with E-state index in [1.165, 1.54) is 0 Å². The van der Waals surface area contributed by atoms with Gasteiger partial charge in [-0.3, -0.25) is 9.69 Å². The zero-order chi connectivity index (χ0) is 18.7. The number of carbonyl (C=O) groups excluding carboxylic acids is 2. The lowest BCUT2D eigenvalue weighted by atomic mass is 9.83. The van der Waals surface area contributed by atoms with Crippen molar-refractivity contribution in [2.24, 2.45) is 5.41 Å². The molecule has 0 unspecified atom stereocenters. The van der Waals surface area contributed by atoms with Crippen molar-refractivity contribution in [1.82, 2.24) is 0 Å². The van der Waals surface area contributed by atoms with Crippen LogP contribution in [0.25, 0.3) is 0 Å². The summed E-state index contributed by atoms with van der Waals surface area (Å²) < 4.78 is 5.48. The van der Waals surface area contributed by atoms with E-state index in [0.29, 0.717) is 24.2 Å². The number of hydrogen-bond donors (Lipinski definition) is 0. The van der Waals surface area contributed by atoms with Crippen molar-refractivity contribution >= 4 is 17.6 Å². The third-order valence-corrected chi connectivity index (χ3v) is 4.41. The summed E-state index contributed by atoms with van der Waals surface area (Å²) in [7, 11) is 0. The van der Waals surface area contributed by atoms with Crippen LogP contribution in [0.1, 0.15) is 48.7 Å². The monoisotopic (exact) mass is 351 g/mol. The maximum atomic E-state index is 12.6. The van der Waals surface area contributed by atoms with Crippen LogP contribution in [0.15, 0.2) is 48.5 Å². The van der Waals surface area contributed by atoms with Gasteiger partial charge in [0.05, 0.1) is 5.69 Å². The van der Waals surface area contributed by atoms with E-state index in [1.807, 2.05) is 48.5 Å². The number of ketones is 1. The highest BCUT2D eigenvalue weighted by Gasteiger charge is 2.31. The van der Waals surface area contributed by atoms with Crippen molar-refractivity contribution in [1.29, 1.82) is 0 Å². The normalized spacial score (nSPS) is 14.1. The molecule has 136 valence electrons. The molecular weight excluding hydrogens is 326 g/mol. The maximum absolute atomic E-state index is 12.6. The van der Waals surface area contributed by atoms with Crippen LogP contribution < -0.4 is 4.90 Å². The Morgan fingerprint density at radius 2 is 1.81 bits per heavy atom. The molecule has 0 spiro atoms. The number of ether oxygens (including phenoxy) is 1. The summed E-state index contributed by atoms with van der Waals surface area (Å²) in [4.78, 5) is 26.8. The van der Waals surface area contributed by atoms with Gasteiger partial charge in [-0.1, -0.05) is 63.2 Å². The summed E-state index contributed by atoms with van der Waals surface area (Å²) in [5.74, 6) is 0.104. The predicted molar refractivity (Wildman–Crippen MR) is 103 cm³/mol. The molecule has 0 bridgehead atoms. The standard InChI is InChI=1S/C22H25NO3/c1-22(2,3)14-17-10-7-11-18-20(17)19(24)12-13-23(18)21(25)26-15-16-8-5-4-6-9-16/h4-11H,12-15H2,1-3H3. The summed E-state index contributed by atoms with van der Waals surface area (Å²) in [5, 5.41) is 0. The zero-order valence-corrected chi connectivity index (χ0v) is 15.6. The minimum Gasteiger partial charge on any atom is -0.444 e. The minimum absolute atomic E-state index is 0.0610. The van der Waals surface area contributed by atoms with Gasteiger partial charge >= 0.3 is 6.09 Å². The highest BCUT2D eigenvalue weighted by atomic mass is 16.6. The second-order valence-electron chi connectivity index (χ2n) is 7.91. The van der Waals surface area contributed by atoms with E-state index in [9.17, 15) is 9.59 Å². The van der Waals surface area contributed by atoms with Gasteiger partial charge in [-0.05, 0) is 29.0 Å². The number of rotatable bonds is 3. The first-order valence-corrected chi connectivity index (χ1v) is 8.98. The molecule has 2 aromatic rings. The topological polar surface area (TPSA) is 46.6 Å². The van der Waals surface area contributed by atoms with Crippen LogP contribution in [-0.4, -0.2) is 18.4 Å². The quantitative estimate of drug-likeness (QED) is 0.781. The maximum Gasteiger partial charge on any atom is 0.414 e. The molecule has 0 aromatic heterocycles. The Bertz CT molecular complexity index is 806. The van der Waals surface area contributed by atoms with Crippen molar-refractivity contribution in [3.05, 3.63) is 65.2 Å². The zero-order valence-electron chi connectivity index (χ0n) is 15.6. The first-order valence-electron chi connectivity index (χ1n) is 8.98. The molecule has 0 atom stereocenters. The van der Waals surface area contributed by atoms with Crippen LogP contribution in [0, 0.1) is 5.41 Å². The molecule has 1 amide bonds. The number of amides is 1. The SMILES string of the molecule is CC(C)(C)Cc1cccc2c1C(=O)CCN2C(=O)OCc1ccccc1. The predicted octanol–water partition coefficient (Wildman–Crippen LogP) is 5.00. The van der Waals surface area contributed by atoms with Crippen LogP contribution in [0.2, 0.25) is 0 Å². The van der Waals surface area contributed by atoms with Crippen LogP contribution in [0.3, 0.4) is 0 Å². The number of carbonyl (C=O) groups is 2. The molecule has 0 fully saturated rings. The van der Waals surface area contributed by atoms with Crippen molar-refractivity contribution in [2.75, 3.05) is 11.4 Å². The summed E-state index contributed by atoms with van der Waals surface area (Å²) in [6.07, 6.45) is 0.708. The average Bonchev–Trinajstić information content (AvgIpc) is 2.59. The highest BCUT2D eigenvalue weighted by Crippen LogP contribution is 2.33. The van der Waals surface area contributed by atoms with Crippen molar-refractivity contribution in [3.63, 3.8) is 0 Å². The smallest absolute Gasteiger partial charge is 0.414 e. The van der Waals surface area contributed by atoms with Gasteiger partial charge in [-0.25, -0.2) is 4.79 Å². The van der Waals surface area contributed by atoms with Gasteiger partial charge in [-0.2, -0.15) is 0 Å². The third-order valence-electron chi connectivity index (χ3n) is 4.41. The molecule has 2 aromatic carbocycles. The molecule has 26 heavy (non-hydrogen) atoms. The van der Waals surface area contributed by atoms with E-state index in [4.69, 9.17) is 4.74 Å². The van der Waals surface area contributed by atoms with E-state index >= 15 is 0 Å². The Morgan fingerprint density at radius 3 is 2.50 bits per heavy atom. The summed E-state index contributed by atoms with van der Waals surface area (Å²) in [6.45, 7) is 7.02. The fourth-order valence-corrected chi connectivity index (χ4v) is 3.30. The molecule has 4 heteroatoms. The molecule has 0 saturated carbocycles. The van der Waals surface area contributed by atoms with Gasteiger partial charge in [0.25, 0.3) is 0 Å². The molecule has 1 aliphatic heterocycles. The first-order chi connectivity index (χ1) is 12.3. The van der Waals surface area contributed by atoms with E-state index < -0.39 is 6.09 Å². The number of benzene rings is 2. The molecule has 0 aliphatic carbocycles. The lowest BCUT2D eigenvalue weighted by Gasteiger charge is -2.30. The Morgan fingerprint density at radius 1 is 1.08 bits per heavy atom. The van der Waals surface area contributed by atoms with E-state index in [-0.39, 0.29) is 17.8 Å². The van der Waals surface area contributed by atoms with Crippen molar-refractivity contribution in [2.45, 2.75) is 40.2 Å². The van der Waals surface area contributed by atoms with Gasteiger partial charge in [0, 0.05) is 18.5 Å². The molecule has 1 aliphatic rings. The largest absolute Gasteiger partial charge is 0.444 e. The lowest BCUT2D eigenvalue weighted by molar-refractivity contribution is 0.0976. The van der Waals surface area contributed by atoms with Crippen LogP contribution in [-0.2, 0) is 17.8 Å². The van der Waals surface area contributed by atoms with Crippen molar-refractivity contribution in [3.8, 4) is 0 Å². The van der Waals surface area contributed by atoms with Crippen LogP contribution >= 0.6 is 0 Å². The number of anilines is 1. The van der Waals surface area contributed by atoms with Gasteiger partial charge in [0.1, 0.15) is 6.61 Å². The molecule has 0 saturated heterocycles. The van der Waals surface area contributed by atoms with Gasteiger partial charge < -0.3 is 4.74 Å². The van der Waals surface area contributed by atoms with Gasteiger partial charge in [-0.15, -0.1) is 0 Å². The summed E-state index contributed by atoms with van der Waals surface area (Å²) in [6, 6.07) is 15.3. The third kappa shape index (κ3) is 4.13. The Balaban J connectivity index is 1.83. The number of hydrogen-bond acceptors (Lipinski definition) is 3. The average molecular weight is 351 g/mol. The first kappa shape index (κ1) is 18.2. The van der Waals surface area contributed by atoms with Crippen molar-refractivity contribution < 1.29 is 14.3 Å². The fourth-order valence-electron chi connectivity index (χ4n) is 3.30. The molecule has 4 nitrogen and oxygen atoms in total. The van der Waals surface area contributed by atoms with Gasteiger partial charge in [0.15, 0.2) is 5.78 Å². The van der Waals surface area contributed by atoms with E-state index in [0.717, 1.165) is 17.5 Å². The summed E-state index contributed by atoms with van der Waals surface area (Å²) in [5.41, 5.74) is 3.34. The lowest BCUT2D eigenvalue weighted by Crippen LogP contribution is -2.38. The summed E-state index contributed by atoms with van der Waals surface area (Å²) >= 11 is 0. The second-order valence-corrected chi connectivity index (χ2v) is 7.91. The Labute approximate surface area is 154 Å². The molecule has 0 N–H and O–H groups in total. The molecule has 1 heterocycles. The highest BCUT2D eigenvalue weighted by molar-refractivity contribution is 6.08. The fraction of sp³-hybridized carbons (Fsp3) is 0.364. The Hall–Kier alpha value is -2.62. The molecule has 0 radical (unpaired) electrons. The van der Waals surface area contributed by atoms with Crippen LogP contribution in [0.4, 0.5) is 10.5 Å². The van der Waals surface area contributed by atoms with Gasteiger partial charge in [0.2, 0.25) is 0 Å². The number of nitrogens with zero attached hydrogens (tertiary/aromatic N) is 1. The number of Topliss-reactive ketones (excluding diaryl/α,β-unsaturated/α-hetero) is 1.